The Morgan fingerprint density at radius 1 is 1.37 bits per heavy atom. The zero-order chi connectivity index (χ0) is 21.6. The number of hydrogen-bond donors (Lipinski definition) is 1. The Kier molecular flexibility index (Phi) is 4.61. The van der Waals surface area contributed by atoms with Gasteiger partial charge in [-0.05, 0) is 43.0 Å². The number of fused-ring (bicyclic) bond motifs is 1. The van der Waals surface area contributed by atoms with Gasteiger partial charge in [-0.3, -0.25) is 24.1 Å². The summed E-state index contributed by atoms with van der Waals surface area (Å²) in [5.74, 6) is -0.739. The average Bonchev–Trinajstić information content (AvgIpc) is 3.42. The van der Waals surface area contributed by atoms with Gasteiger partial charge in [0.25, 0.3) is 5.56 Å². The number of nitrogens with one attached hydrogen (secondary N) is 1. The van der Waals surface area contributed by atoms with E-state index in [0.717, 1.165) is 12.0 Å². The van der Waals surface area contributed by atoms with Crippen molar-refractivity contribution in [3.05, 3.63) is 67.0 Å². The SMILES string of the molecule is Cc1cc(C#N)cc(C(=O)c2c(C(C)C)c(=O)[nH]c(=O)n2CC23C=NC=NC2C3)c1. The number of benzene rings is 1. The fourth-order valence-corrected chi connectivity index (χ4v) is 4.08. The molecule has 30 heavy (non-hydrogen) atoms. The van der Waals surface area contributed by atoms with E-state index in [1.807, 2.05) is 6.07 Å². The topological polar surface area (TPSA) is 120 Å². The molecule has 2 aromatic rings. The normalized spacial score (nSPS) is 21.4. The molecule has 0 radical (unpaired) electrons. The Morgan fingerprint density at radius 3 is 2.80 bits per heavy atom. The second-order valence-corrected chi connectivity index (χ2v) is 8.29. The maximum atomic E-state index is 13.6. The summed E-state index contributed by atoms with van der Waals surface area (Å²) in [4.78, 5) is 49.8. The molecule has 2 heterocycles. The van der Waals surface area contributed by atoms with Crippen LogP contribution in [0.25, 0.3) is 0 Å². The van der Waals surface area contributed by atoms with Crippen LogP contribution >= 0.6 is 0 Å². The number of rotatable bonds is 5. The first-order chi connectivity index (χ1) is 14.3. The van der Waals surface area contributed by atoms with E-state index in [1.54, 1.807) is 39.1 Å². The number of ketones is 1. The van der Waals surface area contributed by atoms with Crippen LogP contribution in [0.5, 0.6) is 0 Å². The predicted octanol–water partition coefficient (Wildman–Crippen LogP) is 1.94. The third kappa shape index (κ3) is 3.22. The molecule has 0 saturated heterocycles. The number of H-pyrrole nitrogens is 1. The molecule has 1 aromatic carbocycles. The van der Waals surface area contributed by atoms with E-state index in [-0.39, 0.29) is 35.3 Å². The van der Waals surface area contributed by atoms with Crippen LogP contribution in [0.15, 0.2) is 37.8 Å². The molecule has 1 aliphatic heterocycles. The third-order valence-electron chi connectivity index (χ3n) is 5.67. The molecule has 1 aromatic heterocycles. The van der Waals surface area contributed by atoms with Gasteiger partial charge in [0.1, 0.15) is 12.0 Å². The van der Waals surface area contributed by atoms with Gasteiger partial charge in [0, 0.05) is 29.3 Å². The zero-order valence-corrected chi connectivity index (χ0v) is 17.0. The Labute approximate surface area is 172 Å². The lowest BCUT2D eigenvalue weighted by molar-refractivity contribution is 0.102. The molecule has 8 nitrogen and oxygen atoms in total. The van der Waals surface area contributed by atoms with E-state index in [0.29, 0.717) is 5.56 Å². The number of aromatic nitrogens is 2. The van der Waals surface area contributed by atoms with Crippen LogP contribution in [0.4, 0.5) is 0 Å². The highest BCUT2D eigenvalue weighted by Crippen LogP contribution is 2.49. The van der Waals surface area contributed by atoms with E-state index < -0.39 is 22.4 Å². The maximum Gasteiger partial charge on any atom is 0.328 e. The molecule has 8 heteroatoms. The Morgan fingerprint density at radius 2 is 2.13 bits per heavy atom. The van der Waals surface area contributed by atoms with E-state index in [1.165, 1.54) is 17.0 Å². The number of carbonyl (C=O) groups is 1. The third-order valence-corrected chi connectivity index (χ3v) is 5.67. The van der Waals surface area contributed by atoms with Crippen LogP contribution in [-0.4, -0.2) is 33.9 Å². The lowest BCUT2D eigenvalue weighted by Gasteiger charge is -2.21. The van der Waals surface area contributed by atoms with Crippen molar-refractivity contribution in [2.24, 2.45) is 15.4 Å². The summed E-state index contributed by atoms with van der Waals surface area (Å²) in [6.07, 6.45) is 3.99. The molecule has 2 atom stereocenters. The molecule has 0 spiro atoms. The summed E-state index contributed by atoms with van der Waals surface area (Å²) in [7, 11) is 0. The van der Waals surface area contributed by atoms with Crippen molar-refractivity contribution in [2.45, 2.75) is 45.7 Å². The lowest BCUT2D eigenvalue weighted by Crippen LogP contribution is -2.40. The molecule has 1 aliphatic carbocycles. The van der Waals surface area contributed by atoms with E-state index >= 15 is 0 Å². The smallest absolute Gasteiger partial charge is 0.289 e. The fraction of sp³-hybridized carbons (Fsp3) is 0.364. The molecule has 2 unspecified atom stereocenters. The highest BCUT2D eigenvalue weighted by atomic mass is 16.2. The lowest BCUT2D eigenvalue weighted by atomic mass is 9.94. The molecule has 1 fully saturated rings. The summed E-state index contributed by atoms with van der Waals surface area (Å²) in [5.41, 5.74) is 0.0550. The van der Waals surface area contributed by atoms with Crippen molar-refractivity contribution in [3.8, 4) is 6.07 Å². The number of aliphatic imine (C=N–C) groups is 2. The molecular weight excluding hydrogens is 382 g/mol. The number of aromatic amines is 1. The van der Waals surface area contributed by atoms with Crippen LogP contribution in [0, 0.1) is 23.7 Å². The van der Waals surface area contributed by atoms with Crippen LogP contribution < -0.4 is 11.2 Å². The average molecular weight is 403 g/mol. The first-order valence-electron chi connectivity index (χ1n) is 9.75. The van der Waals surface area contributed by atoms with E-state index in [4.69, 9.17) is 0 Å². The summed E-state index contributed by atoms with van der Waals surface area (Å²) in [5, 5.41) is 9.28. The quantitative estimate of drug-likeness (QED) is 0.767. The summed E-state index contributed by atoms with van der Waals surface area (Å²) < 4.78 is 1.35. The van der Waals surface area contributed by atoms with E-state index in [9.17, 15) is 19.6 Å². The molecule has 2 aliphatic rings. The van der Waals surface area contributed by atoms with Gasteiger partial charge in [0.05, 0.1) is 17.7 Å². The fourth-order valence-electron chi connectivity index (χ4n) is 4.08. The minimum Gasteiger partial charge on any atom is -0.289 e. The second-order valence-electron chi connectivity index (χ2n) is 8.29. The molecule has 4 rings (SSSR count). The monoisotopic (exact) mass is 403 g/mol. The van der Waals surface area contributed by atoms with Gasteiger partial charge >= 0.3 is 5.69 Å². The summed E-state index contributed by atoms with van der Waals surface area (Å²) in [6.45, 7) is 5.59. The number of carbonyl (C=O) groups excluding carboxylic acids is 1. The highest BCUT2D eigenvalue weighted by molar-refractivity contribution is 6.09. The number of aryl methyl sites for hydroxylation is 1. The first kappa shape index (κ1) is 19.7. The highest BCUT2D eigenvalue weighted by Gasteiger charge is 2.55. The minimum atomic E-state index is -0.635. The van der Waals surface area contributed by atoms with Crippen LogP contribution in [0.1, 0.15) is 58.9 Å². The van der Waals surface area contributed by atoms with Gasteiger partial charge in [-0.15, -0.1) is 0 Å². The molecular formula is C22H21N5O3. The van der Waals surface area contributed by atoms with Gasteiger partial charge in [-0.1, -0.05) is 13.8 Å². The van der Waals surface area contributed by atoms with Crippen LogP contribution in [0.3, 0.4) is 0 Å². The molecule has 152 valence electrons. The Hall–Kier alpha value is -3.60. The van der Waals surface area contributed by atoms with E-state index in [2.05, 4.69) is 15.0 Å². The zero-order valence-electron chi connectivity index (χ0n) is 17.0. The predicted molar refractivity (Wildman–Crippen MR) is 113 cm³/mol. The van der Waals surface area contributed by atoms with Gasteiger partial charge < -0.3 is 0 Å². The minimum absolute atomic E-state index is 0.0171. The van der Waals surface area contributed by atoms with Crippen LogP contribution in [-0.2, 0) is 6.54 Å². The second kappa shape index (κ2) is 7.02. The van der Waals surface area contributed by atoms with Gasteiger partial charge in [-0.25, -0.2) is 9.79 Å². The van der Waals surface area contributed by atoms with Crippen molar-refractivity contribution < 1.29 is 4.79 Å². The van der Waals surface area contributed by atoms with Crippen LogP contribution in [0.2, 0.25) is 0 Å². The van der Waals surface area contributed by atoms with Crippen molar-refractivity contribution in [3.63, 3.8) is 0 Å². The molecule has 0 amide bonds. The molecule has 1 N–H and O–H groups in total. The number of nitriles is 1. The van der Waals surface area contributed by atoms with Gasteiger partial charge in [0.15, 0.2) is 0 Å². The maximum absolute atomic E-state index is 13.6. The summed E-state index contributed by atoms with van der Waals surface area (Å²) in [6, 6.07) is 6.89. The molecule has 0 bridgehead atoms. The largest absolute Gasteiger partial charge is 0.328 e. The standard InChI is InChI=1S/C22H21N5O3/c1-12(2)17-18(19(28)15-5-13(3)4-14(6-15)8-23)27(21(30)26-20(17)29)10-22-7-16(22)25-11-24-9-22/h4-6,9,11-12,16H,7,10H2,1-3H3,(H,26,29,30). The van der Waals surface area contributed by atoms with Crippen molar-refractivity contribution in [1.82, 2.24) is 9.55 Å². The summed E-state index contributed by atoms with van der Waals surface area (Å²) >= 11 is 0. The Bertz CT molecular complexity index is 1280. The van der Waals surface area contributed by atoms with Crippen molar-refractivity contribution in [2.75, 3.05) is 0 Å². The number of nitrogens with zero attached hydrogens (tertiary/aromatic N) is 4. The van der Waals surface area contributed by atoms with Crippen molar-refractivity contribution in [1.29, 1.82) is 5.26 Å². The Balaban J connectivity index is 1.92. The van der Waals surface area contributed by atoms with Gasteiger partial charge in [-0.2, -0.15) is 5.26 Å². The van der Waals surface area contributed by atoms with Crippen molar-refractivity contribution >= 4 is 18.3 Å². The number of hydrogen-bond acceptors (Lipinski definition) is 6. The first-order valence-corrected chi connectivity index (χ1v) is 9.75. The van der Waals surface area contributed by atoms with Gasteiger partial charge in [0.2, 0.25) is 5.78 Å². The molecule has 1 saturated carbocycles.